The molecule has 1 N–H and O–H groups in total. The minimum Gasteiger partial charge on any atom is -0.487 e. The summed E-state index contributed by atoms with van der Waals surface area (Å²) in [6.45, 7) is 2.24. The highest BCUT2D eigenvalue weighted by Gasteiger charge is 2.28. The van der Waals surface area contributed by atoms with E-state index in [1.54, 1.807) is 47.4 Å². The Bertz CT molecular complexity index is 824. The van der Waals surface area contributed by atoms with Crippen LogP contribution in [-0.4, -0.2) is 31.8 Å². The number of urea groups is 1. The Morgan fingerprint density at radius 2 is 2.04 bits per heavy atom. The van der Waals surface area contributed by atoms with E-state index in [1.165, 1.54) is 7.11 Å². The van der Waals surface area contributed by atoms with Gasteiger partial charge in [-0.05, 0) is 37.3 Å². The molecule has 0 spiro atoms. The van der Waals surface area contributed by atoms with Crippen LogP contribution in [0, 0.1) is 0 Å². The number of nitrogens with one attached hydrogen (secondary N) is 1. The van der Waals surface area contributed by atoms with Gasteiger partial charge in [-0.1, -0.05) is 23.7 Å². The van der Waals surface area contributed by atoms with Crippen LogP contribution in [-0.2, 0) is 4.74 Å². The molecule has 1 atom stereocenters. The molecule has 2 aromatic rings. The Labute approximate surface area is 150 Å². The molecule has 0 bridgehead atoms. The molecule has 2 aromatic carbocycles. The molecule has 1 aliphatic heterocycles. The summed E-state index contributed by atoms with van der Waals surface area (Å²) in [5, 5.41) is 3.27. The first-order valence-corrected chi connectivity index (χ1v) is 8.09. The van der Waals surface area contributed by atoms with Crippen molar-refractivity contribution in [1.29, 1.82) is 0 Å². The highest BCUT2D eigenvalue weighted by Crippen LogP contribution is 2.36. The molecule has 0 aliphatic carbocycles. The van der Waals surface area contributed by atoms with Crippen LogP contribution in [0.3, 0.4) is 0 Å². The van der Waals surface area contributed by atoms with Crippen LogP contribution < -0.4 is 15.0 Å². The minimum atomic E-state index is -0.519. The normalized spacial score (nSPS) is 15.8. The Balaban J connectivity index is 1.90. The standard InChI is InChI=1S/C18H17ClN2O4/c1-11-10-21(15-9-12(19)7-8-16(15)25-11)18(23)20-14-6-4-3-5-13(14)17(22)24-2/h3-9,11H,10H2,1-2H3,(H,20,23). The number of methoxy groups -OCH3 is 1. The summed E-state index contributed by atoms with van der Waals surface area (Å²) >= 11 is 6.05. The topological polar surface area (TPSA) is 67.9 Å². The first-order valence-electron chi connectivity index (χ1n) is 7.71. The van der Waals surface area contributed by atoms with Crippen molar-refractivity contribution in [2.75, 3.05) is 23.9 Å². The van der Waals surface area contributed by atoms with Crippen molar-refractivity contribution in [3.8, 4) is 5.75 Å². The molecule has 25 heavy (non-hydrogen) atoms. The number of carbonyl (C=O) groups excluding carboxylic acids is 2. The monoisotopic (exact) mass is 360 g/mol. The number of nitrogens with zero attached hydrogens (tertiary/aromatic N) is 1. The van der Waals surface area contributed by atoms with Crippen LogP contribution in [0.25, 0.3) is 0 Å². The number of para-hydroxylation sites is 1. The van der Waals surface area contributed by atoms with Crippen molar-refractivity contribution in [2.24, 2.45) is 0 Å². The lowest BCUT2D eigenvalue weighted by molar-refractivity contribution is 0.0602. The predicted octanol–water partition coefficient (Wildman–Crippen LogP) is 3.95. The maximum Gasteiger partial charge on any atom is 0.339 e. The van der Waals surface area contributed by atoms with Gasteiger partial charge in [0.15, 0.2) is 0 Å². The van der Waals surface area contributed by atoms with Gasteiger partial charge < -0.3 is 14.8 Å². The number of ether oxygens (including phenoxy) is 2. The van der Waals surface area contributed by atoms with E-state index < -0.39 is 5.97 Å². The maximum atomic E-state index is 12.8. The van der Waals surface area contributed by atoms with E-state index in [-0.39, 0.29) is 17.7 Å². The highest BCUT2D eigenvalue weighted by molar-refractivity contribution is 6.31. The van der Waals surface area contributed by atoms with Crippen LogP contribution in [0.1, 0.15) is 17.3 Å². The van der Waals surface area contributed by atoms with Crippen LogP contribution in [0.4, 0.5) is 16.2 Å². The number of halogens is 1. The predicted molar refractivity (Wildman–Crippen MR) is 95.7 cm³/mol. The van der Waals surface area contributed by atoms with Crippen LogP contribution >= 0.6 is 11.6 Å². The zero-order chi connectivity index (χ0) is 18.0. The summed E-state index contributed by atoms with van der Waals surface area (Å²) in [6, 6.07) is 11.4. The molecule has 7 heteroatoms. The SMILES string of the molecule is COC(=O)c1ccccc1NC(=O)N1CC(C)Oc2ccc(Cl)cc21. The average Bonchev–Trinajstić information content (AvgIpc) is 2.61. The van der Waals surface area contributed by atoms with Gasteiger partial charge in [0.2, 0.25) is 0 Å². The quantitative estimate of drug-likeness (QED) is 0.823. The van der Waals surface area contributed by atoms with E-state index in [2.05, 4.69) is 5.32 Å². The van der Waals surface area contributed by atoms with Gasteiger partial charge >= 0.3 is 12.0 Å². The molecule has 6 nitrogen and oxygen atoms in total. The van der Waals surface area contributed by atoms with Gasteiger partial charge in [0.1, 0.15) is 11.9 Å². The van der Waals surface area contributed by atoms with Crippen molar-refractivity contribution in [2.45, 2.75) is 13.0 Å². The van der Waals surface area contributed by atoms with Crippen molar-refractivity contribution < 1.29 is 19.1 Å². The molecule has 0 fully saturated rings. The molecule has 0 aromatic heterocycles. The van der Waals surface area contributed by atoms with Crippen LogP contribution in [0.2, 0.25) is 5.02 Å². The van der Waals surface area contributed by atoms with E-state index in [0.29, 0.717) is 28.7 Å². The fraction of sp³-hybridized carbons (Fsp3) is 0.222. The van der Waals surface area contributed by atoms with Crippen LogP contribution in [0.15, 0.2) is 42.5 Å². The molecular formula is C18H17ClN2O4. The molecule has 2 amide bonds. The van der Waals surface area contributed by atoms with E-state index >= 15 is 0 Å². The third kappa shape index (κ3) is 3.53. The number of fused-ring (bicyclic) bond motifs is 1. The molecule has 1 unspecified atom stereocenters. The summed E-state index contributed by atoms with van der Waals surface area (Å²) < 4.78 is 10.5. The fourth-order valence-electron chi connectivity index (χ4n) is 2.67. The minimum absolute atomic E-state index is 0.171. The van der Waals surface area contributed by atoms with Gasteiger partial charge in [-0.2, -0.15) is 0 Å². The average molecular weight is 361 g/mol. The van der Waals surface area contributed by atoms with Crippen molar-refractivity contribution in [1.82, 2.24) is 0 Å². The Kier molecular flexibility index (Phi) is 4.81. The van der Waals surface area contributed by atoms with Crippen molar-refractivity contribution >= 4 is 35.0 Å². The molecule has 1 heterocycles. The lowest BCUT2D eigenvalue weighted by Crippen LogP contribution is -2.44. The molecule has 0 saturated carbocycles. The summed E-state index contributed by atoms with van der Waals surface area (Å²) in [6.07, 6.45) is -0.171. The van der Waals surface area contributed by atoms with E-state index in [9.17, 15) is 9.59 Å². The second-order valence-corrected chi connectivity index (χ2v) is 6.05. The number of anilines is 2. The van der Waals surface area contributed by atoms with Gasteiger partial charge in [-0.15, -0.1) is 0 Å². The van der Waals surface area contributed by atoms with Crippen LogP contribution in [0.5, 0.6) is 5.75 Å². The summed E-state index contributed by atoms with van der Waals surface area (Å²) in [4.78, 5) is 26.2. The maximum absolute atomic E-state index is 12.8. The summed E-state index contributed by atoms with van der Waals surface area (Å²) in [5.74, 6) is 0.0641. The summed E-state index contributed by atoms with van der Waals surface area (Å²) in [5.41, 5.74) is 1.24. The molecule has 1 aliphatic rings. The van der Waals surface area contributed by atoms with Gasteiger partial charge in [0.25, 0.3) is 0 Å². The highest BCUT2D eigenvalue weighted by atomic mass is 35.5. The van der Waals surface area contributed by atoms with Crippen molar-refractivity contribution in [3.05, 3.63) is 53.1 Å². The lowest BCUT2D eigenvalue weighted by Gasteiger charge is -2.33. The third-order valence-corrected chi connectivity index (χ3v) is 4.03. The number of benzene rings is 2. The molecule has 0 radical (unpaired) electrons. The molecule has 0 saturated heterocycles. The Hall–Kier alpha value is -2.73. The Morgan fingerprint density at radius 3 is 2.80 bits per heavy atom. The van der Waals surface area contributed by atoms with E-state index in [1.807, 2.05) is 6.92 Å². The van der Waals surface area contributed by atoms with Gasteiger partial charge in [-0.25, -0.2) is 9.59 Å². The van der Waals surface area contributed by atoms with Crippen molar-refractivity contribution in [3.63, 3.8) is 0 Å². The smallest absolute Gasteiger partial charge is 0.339 e. The molecule has 3 rings (SSSR count). The first-order chi connectivity index (χ1) is 12.0. The van der Waals surface area contributed by atoms with E-state index in [0.717, 1.165) is 0 Å². The number of hydrogen-bond donors (Lipinski definition) is 1. The number of carbonyl (C=O) groups is 2. The zero-order valence-electron chi connectivity index (χ0n) is 13.8. The Morgan fingerprint density at radius 1 is 1.28 bits per heavy atom. The first kappa shape index (κ1) is 17.1. The largest absolute Gasteiger partial charge is 0.487 e. The number of rotatable bonds is 2. The van der Waals surface area contributed by atoms with E-state index in [4.69, 9.17) is 21.1 Å². The third-order valence-electron chi connectivity index (χ3n) is 3.80. The zero-order valence-corrected chi connectivity index (χ0v) is 14.5. The second kappa shape index (κ2) is 7.03. The molecule has 130 valence electrons. The lowest BCUT2D eigenvalue weighted by atomic mass is 10.1. The van der Waals surface area contributed by atoms with Gasteiger partial charge in [-0.3, -0.25) is 4.90 Å². The number of esters is 1. The van der Waals surface area contributed by atoms with Gasteiger partial charge in [0.05, 0.1) is 30.6 Å². The fourth-order valence-corrected chi connectivity index (χ4v) is 2.83. The number of hydrogen-bond acceptors (Lipinski definition) is 4. The summed E-state index contributed by atoms with van der Waals surface area (Å²) in [7, 11) is 1.29. The number of amides is 2. The molecular weight excluding hydrogens is 344 g/mol. The second-order valence-electron chi connectivity index (χ2n) is 5.62. The van der Waals surface area contributed by atoms with Gasteiger partial charge in [0, 0.05) is 5.02 Å².